The minimum atomic E-state index is 0.0636. The molecule has 1 unspecified atom stereocenters. The Morgan fingerprint density at radius 3 is 2.25 bits per heavy atom. The van der Waals surface area contributed by atoms with Crippen LogP contribution in [0.1, 0.15) is 28.3 Å². The summed E-state index contributed by atoms with van der Waals surface area (Å²) < 4.78 is 2.24. The number of hydrogen-bond acceptors (Lipinski definition) is 1. The molecule has 3 rings (SSSR count). The number of benzene rings is 2. The molecule has 0 amide bonds. The van der Waals surface area contributed by atoms with Crippen LogP contribution >= 0.6 is 31.9 Å². The van der Waals surface area contributed by atoms with E-state index in [9.17, 15) is 0 Å². The van der Waals surface area contributed by atoms with Crippen molar-refractivity contribution in [3.05, 3.63) is 67.6 Å². The Kier molecular flexibility index (Phi) is 4.02. The Balaban J connectivity index is 1.88. The molecule has 0 saturated carbocycles. The molecule has 20 heavy (non-hydrogen) atoms. The molecule has 0 radical (unpaired) electrons. The van der Waals surface area contributed by atoms with Gasteiger partial charge in [0.15, 0.2) is 0 Å². The molecule has 2 aromatic carbocycles. The lowest BCUT2D eigenvalue weighted by Crippen LogP contribution is -2.22. The first kappa shape index (κ1) is 14.3. The molecule has 0 heterocycles. The van der Waals surface area contributed by atoms with Crippen molar-refractivity contribution in [1.82, 2.24) is 0 Å². The van der Waals surface area contributed by atoms with E-state index in [1.807, 2.05) is 0 Å². The van der Waals surface area contributed by atoms with Crippen molar-refractivity contribution >= 4 is 31.9 Å². The molecule has 0 aromatic heterocycles. The third-order valence-corrected chi connectivity index (χ3v) is 5.77. The summed E-state index contributed by atoms with van der Waals surface area (Å²) in [6.07, 6.45) is 2.16. The second kappa shape index (κ2) is 5.63. The molecule has 3 heteroatoms. The molecule has 0 fully saturated rings. The van der Waals surface area contributed by atoms with Crippen LogP contribution in [0, 0.1) is 12.8 Å². The summed E-state index contributed by atoms with van der Waals surface area (Å²) in [5, 5.41) is 0. The molecule has 1 nitrogen and oxygen atoms in total. The van der Waals surface area contributed by atoms with Crippen molar-refractivity contribution in [2.75, 3.05) is 0 Å². The Morgan fingerprint density at radius 2 is 1.65 bits per heavy atom. The van der Waals surface area contributed by atoms with Gasteiger partial charge in [0.2, 0.25) is 0 Å². The molecule has 104 valence electrons. The van der Waals surface area contributed by atoms with Gasteiger partial charge in [-0.2, -0.15) is 0 Å². The van der Waals surface area contributed by atoms with Gasteiger partial charge in [-0.05, 0) is 60.1 Å². The van der Waals surface area contributed by atoms with E-state index in [1.165, 1.54) is 22.3 Å². The zero-order valence-corrected chi connectivity index (χ0v) is 14.5. The average molecular weight is 395 g/mol. The Bertz CT molecular complexity index is 626. The van der Waals surface area contributed by atoms with E-state index in [0.717, 1.165) is 21.8 Å². The van der Waals surface area contributed by atoms with Crippen molar-refractivity contribution in [2.45, 2.75) is 25.8 Å². The topological polar surface area (TPSA) is 26.0 Å². The van der Waals surface area contributed by atoms with E-state index >= 15 is 0 Å². The molecule has 1 aliphatic carbocycles. The summed E-state index contributed by atoms with van der Waals surface area (Å²) in [5.41, 5.74) is 11.9. The van der Waals surface area contributed by atoms with Crippen LogP contribution in [-0.4, -0.2) is 0 Å². The van der Waals surface area contributed by atoms with Crippen molar-refractivity contribution in [3.8, 4) is 0 Å². The molecule has 0 saturated heterocycles. The normalized spacial score (nSPS) is 16.2. The minimum Gasteiger partial charge on any atom is -0.324 e. The zero-order chi connectivity index (χ0) is 14.3. The third kappa shape index (κ3) is 2.59. The molecule has 2 N–H and O–H groups in total. The quantitative estimate of drug-likeness (QED) is 0.767. The summed E-state index contributed by atoms with van der Waals surface area (Å²) in [4.78, 5) is 0. The van der Waals surface area contributed by atoms with Crippen LogP contribution < -0.4 is 5.73 Å². The van der Waals surface area contributed by atoms with Crippen LogP contribution in [0.4, 0.5) is 0 Å². The number of nitrogens with two attached hydrogens (primary N) is 1. The lowest BCUT2D eigenvalue weighted by Gasteiger charge is -2.21. The van der Waals surface area contributed by atoms with Gasteiger partial charge in [-0.15, -0.1) is 0 Å². The van der Waals surface area contributed by atoms with Crippen molar-refractivity contribution < 1.29 is 0 Å². The second-order valence-electron chi connectivity index (χ2n) is 5.59. The third-order valence-electron chi connectivity index (χ3n) is 4.23. The van der Waals surface area contributed by atoms with Crippen LogP contribution in [0.15, 0.2) is 45.3 Å². The molecular weight excluding hydrogens is 378 g/mol. The number of fused-ring (bicyclic) bond motifs is 1. The Morgan fingerprint density at radius 1 is 1.05 bits per heavy atom. The van der Waals surface area contributed by atoms with Crippen molar-refractivity contribution in [1.29, 1.82) is 0 Å². The van der Waals surface area contributed by atoms with Gasteiger partial charge in [0.05, 0.1) is 0 Å². The predicted octanol–water partition coefficient (Wildman–Crippen LogP) is 4.93. The highest BCUT2D eigenvalue weighted by atomic mass is 79.9. The SMILES string of the molecule is Cc1cc(Br)c(C(N)C2Cc3ccccc3C2)cc1Br. The van der Waals surface area contributed by atoms with E-state index in [-0.39, 0.29) is 6.04 Å². The molecule has 0 bridgehead atoms. The average Bonchev–Trinajstić information content (AvgIpc) is 2.86. The van der Waals surface area contributed by atoms with Gasteiger partial charge in [0, 0.05) is 15.0 Å². The first-order chi connectivity index (χ1) is 9.56. The van der Waals surface area contributed by atoms with E-state index in [4.69, 9.17) is 5.73 Å². The van der Waals surface area contributed by atoms with Gasteiger partial charge in [-0.3, -0.25) is 0 Å². The summed E-state index contributed by atoms with van der Waals surface area (Å²) in [6, 6.07) is 13.0. The van der Waals surface area contributed by atoms with Crippen LogP contribution in [0.25, 0.3) is 0 Å². The Hall–Kier alpha value is -0.640. The molecular formula is C17H17Br2N. The first-order valence-electron chi connectivity index (χ1n) is 6.84. The monoisotopic (exact) mass is 393 g/mol. The smallest absolute Gasteiger partial charge is 0.0341 e. The summed E-state index contributed by atoms with van der Waals surface area (Å²) >= 11 is 7.27. The van der Waals surface area contributed by atoms with Gasteiger partial charge < -0.3 is 5.73 Å². The van der Waals surface area contributed by atoms with E-state index in [2.05, 4.69) is 75.2 Å². The van der Waals surface area contributed by atoms with Crippen LogP contribution in [0.2, 0.25) is 0 Å². The van der Waals surface area contributed by atoms with E-state index in [0.29, 0.717) is 5.92 Å². The van der Waals surface area contributed by atoms with Crippen molar-refractivity contribution in [2.24, 2.45) is 11.7 Å². The number of hydrogen-bond donors (Lipinski definition) is 1. The van der Waals surface area contributed by atoms with Crippen LogP contribution in [0.5, 0.6) is 0 Å². The zero-order valence-electron chi connectivity index (χ0n) is 11.4. The fourth-order valence-corrected chi connectivity index (χ4v) is 4.10. The first-order valence-corrected chi connectivity index (χ1v) is 8.42. The summed E-state index contributed by atoms with van der Waals surface area (Å²) in [5.74, 6) is 0.485. The highest BCUT2D eigenvalue weighted by Crippen LogP contribution is 2.37. The van der Waals surface area contributed by atoms with Gasteiger partial charge in [-0.25, -0.2) is 0 Å². The summed E-state index contributed by atoms with van der Waals surface area (Å²) in [6.45, 7) is 2.09. The summed E-state index contributed by atoms with van der Waals surface area (Å²) in [7, 11) is 0. The molecule has 0 spiro atoms. The molecule has 1 aliphatic rings. The molecule has 2 aromatic rings. The number of rotatable bonds is 2. The van der Waals surface area contributed by atoms with Gasteiger partial charge in [0.25, 0.3) is 0 Å². The maximum absolute atomic E-state index is 6.55. The fourth-order valence-electron chi connectivity index (χ4n) is 3.02. The van der Waals surface area contributed by atoms with Crippen LogP contribution in [0.3, 0.4) is 0 Å². The minimum absolute atomic E-state index is 0.0636. The van der Waals surface area contributed by atoms with Crippen LogP contribution in [-0.2, 0) is 12.8 Å². The lowest BCUT2D eigenvalue weighted by atomic mass is 9.91. The Labute approximate surface area is 136 Å². The number of aryl methyl sites for hydroxylation is 1. The lowest BCUT2D eigenvalue weighted by molar-refractivity contribution is 0.452. The second-order valence-corrected chi connectivity index (χ2v) is 7.29. The van der Waals surface area contributed by atoms with Gasteiger partial charge in [-0.1, -0.05) is 56.1 Å². The highest BCUT2D eigenvalue weighted by Gasteiger charge is 2.28. The fraction of sp³-hybridized carbons (Fsp3) is 0.294. The standard InChI is InChI=1S/C17H17Br2N/c1-10-6-16(19)14(9-15(10)18)17(20)13-7-11-4-2-3-5-12(11)8-13/h2-6,9,13,17H,7-8,20H2,1H3. The highest BCUT2D eigenvalue weighted by molar-refractivity contribution is 9.11. The maximum atomic E-state index is 6.55. The van der Waals surface area contributed by atoms with Gasteiger partial charge >= 0.3 is 0 Å². The largest absolute Gasteiger partial charge is 0.324 e. The molecule has 0 aliphatic heterocycles. The van der Waals surface area contributed by atoms with Crippen molar-refractivity contribution in [3.63, 3.8) is 0 Å². The van der Waals surface area contributed by atoms with Gasteiger partial charge in [0.1, 0.15) is 0 Å². The maximum Gasteiger partial charge on any atom is 0.0341 e. The van der Waals surface area contributed by atoms with E-state index < -0.39 is 0 Å². The number of halogens is 2. The predicted molar refractivity (Wildman–Crippen MR) is 90.8 cm³/mol. The molecule has 1 atom stereocenters. The van der Waals surface area contributed by atoms with E-state index in [1.54, 1.807) is 0 Å².